The van der Waals surface area contributed by atoms with E-state index in [4.69, 9.17) is 4.74 Å². The molecule has 1 saturated heterocycles. The molecule has 0 radical (unpaired) electrons. The van der Waals surface area contributed by atoms with Gasteiger partial charge in [-0.25, -0.2) is 4.98 Å². The number of aromatic nitrogens is 1. The molecule has 2 heterocycles. The highest BCUT2D eigenvalue weighted by molar-refractivity contribution is 7.09. The van der Waals surface area contributed by atoms with Crippen molar-refractivity contribution in [2.24, 2.45) is 0 Å². The zero-order chi connectivity index (χ0) is 10.7. The van der Waals surface area contributed by atoms with Crippen LogP contribution in [-0.2, 0) is 16.9 Å². The van der Waals surface area contributed by atoms with Crippen LogP contribution in [0.25, 0.3) is 0 Å². The fourth-order valence-electron chi connectivity index (χ4n) is 1.91. The Labute approximate surface area is 94.9 Å². The van der Waals surface area contributed by atoms with Crippen molar-refractivity contribution >= 4 is 11.3 Å². The van der Waals surface area contributed by atoms with E-state index in [1.165, 1.54) is 12.8 Å². The van der Waals surface area contributed by atoms with Gasteiger partial charge in [-0.05, 0) is 33.2 Å². The monoisotopic (exact) mass is 226 g/mol. The first-order valence-electron chi connectivity index (χ1n) is 5.48. The van der Waals surface area contributed by atoms with E-state index in [1.54, 1.807) is 11.3 Å². The van der Waals surface area contributed by atoms with E-state index in [-0.39, 0.29) is 5.60 Å². The van der Waals surface area contributed by atoms with Crippen molar-refractivity contribution in [3.8, 4) is 0 Å². The predicted octanol–water partition coefficient (Wildman–Crippen LogP) is 2.28. The van der Waals surface area contributed by atoms with Crippen LogP contribution in [0.3, 0.4) is 0 Å². The van der Waals surface area contributed by atoms with Gasteiger partial charge >= 0.3 is 0 Å². The summed E-state index contributed by atoms with van der Waals surface area (Å²) in [6, 6.07) is 0. The average molecular weight is 226 g/mol. The van der Waals surface area contributed by atoms with Crippen LogP contribution < -0.4 is 5.32 Å². The van der Waals surface area contributed by atoms with E-state index < -0.39 is 0 Å². The van der Waals surface area contributed by atoms with E-state index in [1.807, 2.05) is 7.05 Å². The molecule has 1 fully saturated rings. The number of rotatable bonds is 3. The molecule has 84 valence electrons. The van der Waals surface area contributed by atoms with Crippen molar-refractivity contribution in [2.75, 3.05) is 13.7 Å². The average Bonchev–Trinajstić information content (AvgIpc) is 2.69. The highest BCUT2D eigenvalue weighted by Crippen LogP contribution is 2.36. The lowest BCUT2D eigenvalue weighted by Gasteiger charge is -2.31. The summed E-state index contributed by atoms with van der Waals surface area (Å²) in [5.41, 5.74) is 0.988. The van der Waals surface area contributed by atoms with Gasteiger partial charge in [0.05, 0.1) is 5.69 Å². The molecule has 1 aromatic heterocycles. The Morgan fingerprint density at radius 3 is 3.13 bits per heavy atom. The largest absolute Gasteiger partial charge is 0.368 e. The number of hydrogen-bond donors (Lipinski definition) is 1. The third kappa shape index (κ3) is 2.38. The fraction of sp³-hybridized carbons (Fsp3) is 0.727. The number of nitrogens with one attached hydrogen (secondary N) is 1. The van der Waals surface area contributed by atoms with Crippen LogP contribution in [0.4, 0.5) is 0 Å². The Morgan fingerprint density at radius 1 is 1.60 bits per heavy atom. The molecule has 0 saturated carbocycles. The zero-order valence-corrected chi connectivity index (χ0v) is 10.2. The second-order valence-electron chi connectivity index (χ2n) is 4.21. The Morgan fingerprint density at radius 2 is 2.47 bits per heavy atom. The van der Waals surface area contributed by atoms with Gasteiger partial charge in [-0.2, -0.15) is 0 Å². The maximum atomic E-state index is 5.87. The first-order valence-corrected chi connectivity index (χ1v) is 6.36. The maximum absolute atomic E-state index is 5.87. The molecule has 3 nitrogen and oxygen atoms in total. The van der Waals surface area contributed by atoms with Gasteiger partial charge in [-0.15, -0.1) is 11.3 Å². The lowest BCUT2D eigenvalue weighted by molar-refractivity contribution is -0.0702. The molecule has 0 aromatic carbocycles. The number of ether oxygens (including phenoxy) is 1. The maximum Gasteiger partial charge on any atom is 0.125 e. The molecule has 15 heavy (non-hydrogen) atoms. The highest BCUT2D eigenvalue weighted by Gasteiger charge is 2.32. The quantitative estimate of drug-likeness (QED) is 0.858. The van der Waals surface area contributed by atoms with E-state index in [9.17, 15) is 0 Å². The topological polar surface area (TPSA) is 34.1 Å². The molecule has 0 bridgehead atoms. The summed E-state index contributed by atoms with van der Waals surface area (Å²) in [4.78, 5) is 4.63. The Kier molecular flexibility index (Phi) is 3.38. The summed E-state index contributed by atoms with van der Waals surface area (Å²) in [6.45, 7) is 3.87. The first kappa shape index (κ1) is 11.0. The molecular formula is C11H18N2OS. The van der Waals surface area contributed by atoms with Gasteiger partial charge < -0.3 is 10.1 Å². The summed E-state index contributed by atoms with van der Waals surface area (Å²) in [5.74, 6) is 0. The van der Waals surface area contributed by atoms with Gasteiger partial charge in [0.25, 0.3) is 0 Å². The molecule has 1 atom stereocenters. The second kappa shape index (κ2) is 4.60. The molecule has 4 heteroatoms. The van der Waals surface area contributed by atoms with E-state index in [0.717, 1.165) is 30.3 Å². The van der Waals surface area contributed by atoms with E-state index >= 15 is 0 Å². The van der Waals surface area contributed by atoms with Crippen LogP contribution in [0, 0.1) is 0 Å². The molecule has 0 amide bonds. The van der Waals surface area contributed by atoms with Crippen LogP contribution in [0.1, 0.15) is 36.9 Å². The molecule has 1 aliphatic heterocycles. The van der Waals surface area contributed by atoms with Gasteiger partial charge in [0, 0.05) is 18.5 Å². The van der Waals surface area contributed by atoms with Crippen LogP contribution in [0.15, 0.2) is 5.38 Å². The SMILES string of the molecule is CNCc1csc(C2(C)CCCCO2)n1. The molecule has 1 aliphatic rings. The van der Waals surface area contributed by atoms with Crippen LogP contribution in [-0.4, -0.2) is 18.6 Å². The van der Waals surface area contributed by atoms with Crippen molar-refractivity contribution in [2.45, 2.75) is 38.3 Å². The number of thiazole rings is 1. The third-order valence-electron chi connectivity index (χ3n) is 2.83. The van der Waals surface area contributed by atoms with Crippen LogP contribution >= 0.6 is 11.3 Å². The summed E-state index contributed by atoms with van der Waals surface area (Å²) in [7, 11) is 1.94. The van der Waals surface area contributed by atoms with Crippen LogP contribution in [0.2, 0.25) is 0 Å². The minimum absolute atomic E-state index is 0.130. The Bertz CT molecular complexity index is 318. The second-order valence-corrected chi connectivity index (χ2v) is 5.07. The summed E-state index contributed by atoms with van der Waals surface area (Å²) >= 11 is 1.72. The number of hydrogen-bond acceptors (Lipinski definition) is 4. The Hall–Kier alpha value is -0.450. The van der Waals surface area contributed by atoms with E-state index in [2.05, 4.69) is 22.6 Å². The third-order valence-corrected chi connectivity index (χ3v) is 3.97. The first-order chi connectivity index (χ1) is 7.24. The minimum Gasteiger partial charge on any atom is -0.368 e. The Balaban J connectivity index is 2.12. The van der Waals surface area contributed by atoms with Gasteiger partial charge in [0.15, 0.2) is 0 Å². The summed E-state index contributed by atoms with van der Waals surface area (Å²) < 4.78 is 5.87. The molecule has 1 aromatic rings. The molecule has 1 N–H and O–H groups in total. The normalized spacial score (nSPS) is 26.8. The molecule has 1 unspecified atom stereocenters. The van der Waals surface area contributed by atoms with Crippen molar-refractivity contribution in [3.63, 3.8) is 0 Å². The van der Waals surface area contributed by atoms with Crippen molar-refractivity contribution in [1.29, 1.82) is 0 Å². The molecule has 0 aliphatic carbocycles. The molecule has 0 spiro atoms. The van der Waals surface area contributed by atoms with Gasteiger partial charge in [-0.3, -0.25) is 0 Å². The summed E-state index contributed by atoms with van der Waals surface area (Å²) in [6.07, 6.45) is 3.53. The standard InChI is InChI=1S/C11H18N2OS/c1-11(5-3-4-6-14-11)10-13-9(7-12-2)8-15-10/h8,12H,3-7H2,1-2H3. The van der Waals surface area contributed by atoms with Crippen molar-refractivity contribution in [1.82, 2.24) is 10.3 Å². The lowest BCUT2D eigenvalue weighted by Crippen LogP contribution is -2.30. The lowest BCUT2D eigenvalue weighted by atomic mass is 9.97. The van der Waals surface area contributed by atoms with Crippen LogP contribution in [0.5, 0.6) is 0 Å². The van der Waals surface area contributed by atoms with Crippen molar-refractivity contribution in [3.05, 3.63) is 16.1 Å². The summed E-state index contributed by atoms with van der Waals surface area (Å²) in [5, 5.41) is 6.37. The van der Waals surface area contributed by atoms with Gasteiger partial charge in [-0.1, -0.05) is 0 Å². The van der Waals surface area contributed by atoms with Crippen molar-refractivity contribution < 1.29 is 4.74 Å². The molecular weight excluding hydrogens is 208 g/mol. The highest BCUT2D eigenvalue weighted by atomic mass is 32.1. The fourth-order valence-corrected chi connectivity index (χ4v) is 2.88. The predicted molar refractivity (Wildman–Crippen MR) is 62.0 cm³/mol. The smallest absolute Gasteiger partial charge is 0.125 e. The minimum atomic E-state index is -0.130. The molecule has 2 rings (SSSR count). The number of nitrogens with zero attached hydrogens (tertiary/aromatic N) is 1. The van der Waals surface area contributed by atoms with E-state index in [0.29, 0.717) is 0 Å². The van der Waals surface area contributed by atoms with Gasteiger partial charge in [0.1, 0.15) is 10.6 Å². The zero-order valence-electron chi connectivity index (χ0n) is 9.38. The van der Waals surface area contributed by atoms with Gasteiger partial charge in [0.2, 0.25) is 0 Å².